The predicted molar refractivity (Wildman–Crippen MR) is 96.2 cm³/mol. The molecule has 0 unspecified atom stereocenters. The first kappa shape index (κ1) is 19.5. The van der Waals surface area contributed by atoms with Gasteiger partial charge in [0, 0.05) is 13.2 Å². The van der Waals surface area contributed by atoms with Gasteiger partial charge in [0.05, 0.1) is 12.7 Å². The van der Waals surface area contributed by atoms with E-state index in [1.54, 1.807) is 6.07 Å². The zero-order valence-corrected chi connectivity index (χ0v) is 15.6. The Bertz CT molecular complexity index is 1160. The second kappa shape index (κ2) is 7.39. The SMILES string of the molecule is COc1ccccc1S(=O)(=O)NC(=O)c1cn(C)c(-c2cc(F)ccc2F)n1. The molecule has 146 valence electrons. The molecule has 3 rings (SSSR count). The number of rotatable bonds is 5. The molecule has 0 atom stereocenters. The first-order valence-electron chi connectivity index (χ1n) is 7.92. The molecule has 1 aromatic heterocycles. The molecule has 0 bridgehead atoms. The largest absolute Gasteiger partial charge is 0.495 e. The molecule has 10 heteroatoms. The number of hydrogen-bond acceptors (Lipinski definition) is 5. The highest BCUT2D eigenvalue weighted by Gasteiger charge is 2.25. The van der Waals surface area contributed by atoms with Gasteiger partial charge in [-0.05, 0) is 30.3 Å². The molecule has 0 spiro atoms. The number of benzene rings is 2. The van der Waals surface area contributed by atoms with Gasteiger partial charge in [-0.25, -0.2) is 26.9 Å². The van der Waals surface area contributed by atoms with E-state index in [2.05, 4.69) is 4.98 Å². The molecule has 1 heterocycles. The van der Waals surface area contributed by atoms with E-state index >= 15 is 0 Å². The van der Waals surface area contributed by atoms with Gasteiger partial charge in [0.15, 0.2) is 0 Å². The normalized spacial score (nSPS) is 11.3. The topological polar surface area (TPSA) is 90.3 Å². The van der Waals surface area contributed by atoms with Crippen LogP contribution in [0.1, 0.15) is 10.5 Å². The van der Waals surface area contributed by atoms with E-state index in [-0.39, 0.29) is 27.7 Å². The lowest BCUT2D eigenvalue weighted by Crippen LogP contribution is -2.31. The predicted octanol–water partition coefficient (Wildman–Crippen LogP) is 2.49. The lowest BCUT2D eigenvalue weighted by molar-refractivity contribution is 0.0977. The highest BCUT2D eigenvalue weighted by Crippen LogP contribution is 2.24. The Kier molecular flexibility index (Phi) is 5.14. The molecule has 0 saturated carbocycles. The second-order valence-electron chi connectivity index (χ2n) is 5.77. The summed E-state index contributed by atoms with van der Waals surface area (Å²) < 4.78 is 60.6. The third-order valence-electron chi connectivity index (χ3n) is 3.86. The van der Waals surface area contributed by atoms with Crippen molar-refractivity contribution >= 4 is 15.9 Å². The number of amides is 1. The van der Waals surface area contributed by atoms with Crippen LogP contribution < -0.4 is 9.46 Å². The Hall–Kier alpha value is -3.27. The van der Waals surface area contributed by atoms with Crippen LogP contribution in [0.15, 0.2) is 53.6 Å². The van der Waals surface area contributed by atoms with Crippen LogP contribution >= 0.6 is 0 Å². The minimum absolute atomic E-state index is 0.0307. The van der Waals surface area contributed by atoms with Crippen molar-refractivity contribution in [1.82, 2.24) is 14.3 Å². The Balaban J connectivity index is 1.93. The van der Waals surface area contributed by atoms with Gasteiger partial charge in [-0.2, -0.15) is 0 Å². The molecule has 0 aliphatic heterocycles. The lowest BCUT2D eigenvalue weighted by atomic mass is 10.2. The Morgan fingerprint density at radius 3 is 2.61 bits per heavy atom. The summed E-state index contributed by atoms with van der Waals surface area (Å²) in [7, 11) is -1.47. The van der Waals surface area contributed by atoms with Gasteiger partial charge in [-0.1, -0.05) is 12.1 Å². The third-order valence-corrected chi connectivity index (χ3v) is 5.23. The number of carbonyl (C=O) groups excluding carboxylic acids is 1. The Morgan fingerprint density at radius 1 is 1.18 bits per heavy atom. The van der Waals surface area contributed by atoms with Crippen LogP contribution in [-0.4, -0.2) is 31.0 Å². The van der Waals surface area contributed by atoms with Crippen molar-refractivity contribution < 1.29 is 26.7 Å². The van der Waals surface area contributed by atoms with Crippen LogP contribution in [0.4, 0.5) is 8.78 Å². The number of hydrogen-bond donors (Lipinski definition) is 1. The van der Waals surface area contributed by atoms with Crippen molar-refractivity contribution in [3.8, 4) is 17.1 Å². The lowest BCUT2D eigenvalue weighted by Gasteiger charge is -2.09. The van der Waals surface area contributed by atoms with E-state index in [0.717, 1.165) is 18.2 Å². The van der Waals surface area contributed by atoms with E-state index in [9.17, 15) is 22.0 Å². The summed E-state index contributed by atoms with van der Waals surface area (Å²) in [5, 5.41) is 0. The molecule has 1 amide bonds. The van der Waals surface area contributed by atoms with E-state index < -0.39 is 27.6 Å². The van der Waals surface area contributed by atoms with Crippen LogP contribution in [0.25, 0.3) is 11.4 Å². The summed E-state index contributed by atoms with van der Waals surface area (Å²) in [6, 6.07) is 8.60. The fourth-order valence-electron chi connectivity index (χ4n) is 2.56. The van der Waals surface area contributed by atoms with Gasteiger partial charge in [0.25, 0.3) is 15.9 Å². The molecule has 0 radical (unpaired) electrons. The number of methoxy groups -OCH3 is 1. The molecular weight excluding hydrogens is 392 g/mol. The summed E-state index contributed by atoms with van der Waals surface area (Å²) in [6.07, 6.45) is 1.22. The van der Waals surface area contributed by atoms with Crippen LogP contribution in [0.2, 0.25) is 0 Å². The van der Waals surface area contributed by atoms with E-state index in [1.807, 2.05) is 4.72 Å². The molecule has 0 aliphatic carbocycles. The molecule has 0 saturated heterocycles. The number of ether oxygens (including phenoxy) is 1. The summed E-state index contributed by atoms with van der Waals surface area (Å²) in [5.41, 5.74) is -0.436. The van der Waals surface area contributed by atoms with Gasteiger partial charge >= 0.3 is 0 Å². The van der Waals surface area contributed by atoms with Crippen molar-refractivity contribution in [2.45, 2.75) is 4.90 Å². The van der Waals surface area contributed by atoms with Crippen LogP contribution in [0.3, 0.4) is 0 Å². The average molecular weight is 407 g/mol. The number of carbonyl (C=O) groups is 1. The number of aryl methyl sites for hydroxylation is 1. The monoisotopic (exact) mass is 407 g/mol. The van der Waals surface area contributed by atoms with E-state index in [4.69, 9.17) is 4.74 Å². The fraction of sp³-hybridized carbons (Fsp3) is 0.111. The second-order valence-corrected chi connectivity index (χ2v) is 7.42. The van der Waals surface area contributed by atoms with E-state index in [0.29, 0.717) is 0 Å². The highest BCUT2D eigenvalue weighted by molar-refractivity contribution is 7.90. The summed E-state index contributed by atoms with van der Waals surface area (Å²) in [4.78, 5) is 16.1. The molecule has 1 N–H and O–H groups in total. The van der Waals surface area contributed by atoms with E-state index in [1.165, 1.54) is 43.1 Å². The van der Waals surface area contributed by atoms with Crippen molar-refractivity contribution in [3.63, 3.8) is 0 Å². The quantitative estimate of drug-likeness (QED) is 0.702. The van der Waals surface area contributed by atoms with Crippen LogP contribution in [0.5, 0.6) is 5.75 Å². The maximum atomic E-state index is 14.0. The maximum absolute atomic E-state index is 14.0. The standard InChI is InChI=1S/C18H15F2N3O4S/c1-23-10-14(21-17(23)12-9-11(19)7-8-13(12)20)18(24)22-28(25,26)16-6-4-3-5-15(16)27-2/h3-10H,1-2H3,(H,22,24). The Labute approximate surface area is 159 Å². The minimum atomic E-state index is -4.24. The number of halogens is 2. The van der Waals surface area contributed by atoms with Crippen molar-refractivity contribution in [3.05, 3.63) is 66.0 Å². The number of sulfonamides is 1. The Morgan fingerprint density at radius 2 is 1.89 bits per heavy atom. The van der Waals surface area contributed by atoms with Gasteiger partial charge < -0.3 is 9.30 Å². The number of nitrogens with zero attached hydrogens (tertiary/aromatic N) is 2. The number of para-hydroxylation sites is 1. The van der Waals surface area contributed by atoms with Crippen molar-refractivity contribution in [2.24, 2.45) is 7.05 Å². The molecule has 28 heavy (non-hydrogen) atoms. The number of imidazole rings is 1. The first-order valence-corrected chi connectivity index (χ1v) is 9.40. The maximum Gasteiger partial charge on any atom is 0.285 e. The molecule has 7 nitrogen and oxygen atoms in total. The molecule has 2 aromatic carbocycles. The zero-order chi connectivity index (χ0) is 20.5. The zero-order valence-electron chi connectivity index (χ0n) is 14.8. The van der Waals surface area contributed by atoms with Crippen LogP contribution in [0, 0.1) is 11.6 Å². The highest BCUT2D eigenvalue weighted by atomic mass is 32.2. The summed E-state index contributed by atoms with van der Waals surface area (Å²) in [5.74, 6) is -2.40. The minimum Gasteiger partial charge on any atom is -0.495 e. The van der Waals surface area contributed by atoms with Gasteiger partial charge in [-0.15, -0.1) is 0 Å². The molecule has 0 fully saturated rings. The van der Waals surface area contributed by atoms with Crippen molar-refractivity contribution in [2.75, 3.05) is 7.11 Å². The number of nitrogens with one attached hydrogen (secondary N) is 1. The number of aromatic nitrogens is 2. The van der Waals surface area contributed by atoms with Gasteiger partial charge in [0.1, 0.15) is 33.8 Å². The van der Waals surface area contributed by atoms with Gasteiger partial charge in [0.2, 0.25) is 0 Å². The molecule has 0 aliphatic rings. The average Bonchev–Trinajstić information content (AvgIpc) is 3.05. The van der Waals surface area contributed by atoms with Gasteiger partial charge in [-0.3, -0.25) is 4.79 Å². The van der Waals surface area contributed by atoms with Crippen molar-refractivity contribution in [1.29, 1.82) is 0 Å². The third kappa shape index (κ3) is 3.72. The smallest absolute Gasteiger partial charge is 0.285 e. The van der Waals surface area contributed by atoms with Crippen LogP contribution in [-0.2, 0) is 17.1 Å². The molecule has 3 aromatic rings. The first-order chi connectivity index (χ1) is 13.2. The fourth-order valence-corrected chi connectivity index (χ4v) is 3.70. The summed E-state index contributed by atoms with van der Waals surface area (Å²) >= 11 is 0. The molecular formula is C18H15F2N3O4S. The summed E-state index contributed by atoms with van der Waals surface area (Å²) in [6.45, 7) is 0.